The average Bonchev–Trinajstić information content (AvgIpc) is 3.35. The molecule has 9 heteroatoms. The zero-order chi connectivity index (χ0) is 27.2. The Morgan fingerprint density at radius 2 is 1.72 bits per heavy atom. The molecule has 8 nitrogen and oxygen atoms in total. The van der Waals surface area contributed by atoms with E-state index in [0.29, 0.717) is 38.8 Å². The van der Waals surface area contributed by atoms with Gasteiger partial charge in [-0.1, -0.05) is 60.7 Å². The molecule has 0 spiro atoms. The van der Waals surface area contributed by atoms with Gasteiger partial charge in [0.25, 0.3) is 0 Å². The van der Waals surface area contributed by atoms with E-state index in [1.165, 1.54) is 0 Å². The Kier molecular flexibility index (Phi) is 8.21. The summed E-state index contributed by atoms with van der Waals surface area (Å²) in [6.45, 7) is 1.29. The fraction of sp³-hybridized carbons (Fsp3) is 0.300. The van der Waals surface area contributed by atoms with Crippen molar-refractivity contribution in [3.05, 3.63) is 83.2 Å². The van der Waals surface area contributed by atoms with Crippen LogP contribution in [-0.4, -0.2) is 49.1 Å². The third kappa shape index (κ3) is 6.27. The van der Waals surface area contributed by atoms with E-state index in [-0.39, 0.29) is 18.2 Å². The molecule has 0 saturated carbocycles. The predicted molar refractivity (Wildman–Crippen MR) is 155 cm³/mol. The standard InChI is InChI=1S/C30H33N5O3S/c31-30(11-13-32-14-12-30)29(38)34-25(16-20-9-10-21-5-1-2-6-22(21)15-20)28(37)35-27(33-19-36)17-23-18-39-26-8-4-3-7-24(23)26/h1-10,15,18-19,25,27,32H,11-14,16-17,31H2,(H,33,36)(H,34,38)(H,35,37)/t25-,27-/m1/s1. The van der Waals surface area contributed by atoms with Gasteiger partial charge >= 0.3 is 0 Å². The molecule has 4 aromatic rings. The van der Waals surface area contributed by atoms with Gasteiger partial charge in [-0.25, -0.2) is 0 Å². The number of carbonyl (C=O) groups is 3. The van der Waals surface area contributed by atoms with E-state index >= 15 is 0 Å². The molecule has 3 amide bonds. The highest BCUT2D eigenvalue weighted by Gasteiger charge is 2.37. The van der Waals surface area contributed by atoms with Crippen LogP contribution in [0.15, 0.2) is 72.1 Å². The molecule has 39 heavy (non-hydrogen) atoms. The average molecular weight is 544 g/mol. The molecule has 6 N–H and O–H groups in total. The predicted octanol–water partition coefficient (Wildman–Crippen LogP) is 2.59. The van der Waals surface area contributed by atoms with Crippen LogP contribution in [-0.2, 0) is 27.2 Å². The molecule has 1 aromatic heterocycles. The summed E-state index contributed by atoms with van der Waals surface area (Å²) in [7, 11) is 0. The summed E-state index contributed by atoms with van der Waals surface area (Å²) >= 11 is 1.62. The minimum atomic E-state index is -1.04. The molecule has 2 heterocycles. The lowest BCUT2D eigenvalue weighted by molar-refractivity contribution is -0.133. The number of hydrogen-bond donors (Lipinski definition) is 5. The number of hydrogen-bond acceptors (Lipinski definition) is 6. The van der Waals surface area contributed by atoms with Crippen molar-refractivity contribution in [3.63, 3.8) is 0 Å². The van der Waals surface area contributed by atoms with E-state index in [9.17, 15) is 14.4 Å². The second-order valence-corrected chi connectivity index (χ2v) is 11.0. The van der Waals surface area contributed by atoms with Crippen molar-refractivity contribution in [2.45, 2.75) is 43.4 Å². The number of fused-ring (bicyclic) bond motifs is 2. The summed E-state index contributed by atoms with van der Waals surface area (Å²) in [6, 6.07) is 21.2. The maximum atomic E-state index is 13.7. The molecule has 5 rings (SSSR count). The van der Waals surface area contributed by atoms with E-state index in [0.717, 1.165) is 32.0 Å². The number of amides is 3. The molecule has 1 aliphatic heterocycles. The van der Waals surface area contributed by atoms with Crippen LogP contribution >= 0.6 is 11.3 Å². The van der Waals surface area contributed by atoms with Gasteiger partial charge in [0.1, 0.15) is 12.2 Å². The summed E-state index contributed by atoms with van der Waals surface area (Å²) < 4.78 is 1.14. The maximum Gasteiger partial charge on any atom is 0.244 e. The Hall–Kier alpha value is -3.79. The van der Waals surface area contributed by atoms with Crippen LogP contribution in [0, 0.1) is 0 Å². The fourth-order valence-corrected chi connectivity index (χ4v) is 6.11. The van der Waals surface area contributed by atoms with Crippen LogP contribution in [0.3, 0.4) is 0 Å². The summed E-state index contributed by atoms with van der Waals surface area (Å²) in [6.07, 6.45) is 1.62. The number of piperidine rings is 1. The minimum Gasteiger partial charge on any atom is -0.342 e. The van der Waals surface area contributed by atoms with Gasteiger partial charge < -0.3 is 27.0 Å². The zero-order valence-electron chi connectivity index (χ0n) is 21.6. The normalized spacial score (nSPS) is 16.3. The second-order valence-electron chi connectivity index (χ2n) is 10.1. The number of benzene rings is 3. The van der Waals surface area contributed by atoms with Gasteiger partial charge in [0, 0.05) is 17.5 Å². The molecule has 0 aliphatic carbocycles. The van der Waals surface area contributed by atoms with Gasteiger partial charge in [0.15, 0.2) is 0 Å². The fourth-order valence-electron chi connectivity index (χ4n) is 5.13. The van der Waals surface area contributed by atoms with Gasteiger partial charge in [0.2, 0.25) is 18.2 Å². The van der Waals surface area contributed by atoms with E-state index in [1.54, 1.807) is 11.3 Å². The van der Waals surface area contributed by atoms with Crippen molar-refractivity contribution < 1.29 is 14.4 Å². The van der Waals surface area contributed by atoms with Gasteiger partial charge in [-0.15, -0.1) is 11.3 Å². The first-order valence-corrected chi connectivity index (χ1v) is 14.1. The summed E-state index contributed by atoms with van der Waals surface area (Å²) in [4.78, 5) is 38.5. The van der Waals surface area contributed by atoms with Crippen LogP contribution < -0.4 is 27.0 Å². The Labute approximate surface area is 231 Å². The number of rotatable bonds is 10. The molecule has 1 aliphatic rings. The molecule has 1 fully saturated rings. The van der Waals surface area contributed by atoms with Crippen LogP contribution in [0.25, 0.3) is 20.9 Å². The Balaban J connectivity index is 1.37. The Morgan fingerprint density at radius 3 is 2.51 bits per heavy atom. The monoisotopic (exact) mass is 543 g/mol. The summed E-state index contributed by atoms with van der Waals surface area (Å²) in [5, 5.41) is 17.1. The highest BCUT2D eigenvalue weighted by atomic mass is 32.1. The van der Waals surface area contributed by atoms with Crippen LogP contribution in [0.4, 0.5) is 0 Å². The van der Waals surface area contributed by atoms with Crippen LogP contribution in [0.5, 0.6) is 0 Å². The molecular formula is C30H33N5O3S. The third-order valence-electron chi connectivity index (χ3n) is 7.39. The lowest BCUT2D eigenvalue weighted by Crippen LogP contribution is -2.63. The summed E-state index contributed by atoms with van der Waals surface area (Å²) in [5.41, 5.74) is 7.37. The van der Waals surface area contributed by atoms with Crippen molar-refractivity contribution in [2.24, 2.45) is 5.73 Å². The smallest absolute Gasteiger partial charge is 0.244 e. The van der Waals surface area contributed by atoms with Crippen molar-refractivity contribution >= 4 is 50.4 Å². The number of nitrogens with two attached hydrogens (primary N) is 1. The lowest BCUT2D eigenvalue weighted by Gasteiger charge is -2.34. The molecule has 0 radical (unpaired) electrons. The number of thiophene rings is 1. The molecule has 0 unspecified atom stereocenters. The van der Waals surface area contributed by atoms with Crippen LogP contribution in [0.1, 0.15) is 24.0 Å². The molecule has 0 bridgehead atoms. The van der Waals surface area contributed by atoms with Crippen molar-refractivity contribution in [3.8, 4) is 0 Å². The summed E-state index contributed by atoms with van der Waals surface area (Å²) in [5.74, 6) is -0.721. The topological polar surface area (TPSA) is 125 Å². The van der Waals surface area contributed by atoms with Crippen LogP contribution in [0.2, 0.25) is 0 Å². The van der Waals surface area contributed by atoms with Gasteiger partial charge in [-0.05, 0) is 64.7 Å². The first-order valence-electron chi connectivity index (χ1n) is 13.2. The lowest BCUT2D eigenvalue weighted by atomic mass is 9.88. The van der Waals surface area contributed by atoms with Gasteiger partial charge in [-0.3, -0.25) is 14.4 Å². The molecule has 3 aromatic carbocycles. The molecule has 1 saturated heterocycles. The zero-order valence-corrected chi connectivity index (χ0v) is 22.4. The largest absolute Gasteiger partial charge is 0.342 e. The molecular weight excluding hydrogens is 510 g/mol. The van der Waals surface area contributed by atoms with E-state index in [2.05, 4.69) is 21.3 Å². The first kappa shape index (κ1) is 26.8. The Bertz CT molecular complexity index is 1480. The van der Waals surface area contributed by atoms with Gasteiger partial charge in [0.05, 0.1) is 5.54 Å². The highest BCUT2D eigenvalue weighted by Crippen LogP contribution is 2.26. The molecule has 2 atom stereocenters. The van der Waals surface area contributed by atoms with Crippen molar-refractivity contribution in [1.29, 1.82) is 0 Å². The number of carbonyl (C=O) groups excluding carboxylic acids is 3. The third-order valence-corrected chi connectivity index (χ3v) is 8.41. The first-order chi connectivity index (χ1) is 18.9. The Morgan fingerprint density at radius 1 is 0.974 bits per heavy atom. The van der Waals surface area contributed by atoms with Gasteiger partial charge in [-0.2, -0.15) is 0 Å². The highest BCUT2D eigenvalue weighted by molar-refractivity contribution is 7.17. The van der Waals surface area contributed by atoms with Crippen molar-refractivity contribution in [2.75, 3.05) is 13.1 Å². The SMILES string of the molecule is NC1(C(=O)N[C@H](Cc2ccc3ccccc3c2)C(=O)N[C@H](Cc2csc3ccccc23)NC=O)CCNCC1. The van der Waals surface area contributed by atoms with E-state index in [4.69, 9.17) is 5.73 Å². The van der Waals surface area contributed by atoms with E-state index in [1.807, 2.05) is 72.1 Å². The maximum absolute atomic E-state index is 13.7. The minimum absolute atomic E-state index is 0.284. The van der Waals surface area contributed by atoms with Crippen molar-refractivity contribution in [1.82, 2.24) is 21.3 Å². The second kappa shape index (κ2) is 11.9. The van der Waals surface area contributed by atoms with E-state index < -0.39 is 17.7 Å². The quantitative estimate of drug-likeness (QED) is 0.155. The molecule has 202 valence electrons. The number of nitrogens with one attached hydrogen (secondary N) is 4.